The van der Waals surface area contributed by atoms with Crippen LogP contribution in [0.25, 0.3) is 0 Å². The summed E-state index contributed by atoms with van der Waals surface area (Å²) in [7, 11) is 0. The van der Waals surface area contributed by atoms with Crippen LogP contribution in [0.3, 0.4) is 0 Å². The van der Waals surface area contributed by atoms with Gasteiger partial charge in [0.1, 0.15) is 0 Å². The Morgan fingerprint density at radius 2 is 1.93 bits per heavy atom. The molecular formula is C12H26N2. The number of hydrogen-bond acceptors (Lipinski definition) is 2. The Kier molecular flexibility index (Phi) is 4.90. The molecule has 2 atom stereocenters. The third kappa shape index (κ3) is 3.25. The van der Waals surface area contributed by atoms with E-state index in [-0.39, 0.29) is 0 Å². The standard InChI is InChI=1S/C12H26N2/c1-10(2)14-7-4-5-12(6-8-14)11(3)9-13/h10-12H,4-9,13H2,1-3H3. The van der Waals surface area contributed by atoms with Gasteiger partial charge in [0.25, 0.3) is 0 Å². The van der Waals surface area contributed by atoms with Crippen molar-refractivity contribution in [1.82, 2.24) is 4.90 Å². The molecule has 1 heterocycles. The molecule has 2 unspecified atom stereocenters. The maximum atomic E-state index is 5.73. The Balaban J connectivity index is 2.40. The largest absolute Gasteiger partial charge is 0.330 e. The first-order valence-corrected chi connectivity index (χ1v) is 6.09. The lowest BCUT2D eigenvalue weighted by Gasteiger charge is -2.25. The number of likely N-dealkylation sites (tertiary alicyclic amines) is 1. The van der Waals surface area contributed by atoms with Crippen LogP contribution in [0.5, 0.6) is 0 Å². The van der Waals surface area contributed by atoms with Crippen LogP contribution in [0, 0.1) is 11.8 Å². The normalized spacial score (nSPS) is 27.6. The Morgan fingerprint density at radius 1 is 1.21 bits per heavy atom. The monoisotopic (exact) mass is 198 g/mol. The second-order valence-electron chi connectivity index (χ2n) is 5.03. The van der Waals surface area contributed by atoms with E-state index in [1.54, 1.807) is 0 Å². The molecule has 0 aliphatic carbocycles. The molecule has 84 valence electrons. The van der Waals surface area contributed by atoms with Crippen molar-refractivity contribution in [1.29, 1.82) is 0 Å². The van der Waals surface area contributed by atoms with Gasteiger partial charge in [0.15, 0.2) is 0 Å². The zero-order valence-corrected chi connectivity index (χ0v) is 10.00. The number of hydrogen-bond donors (Lipinski definition) is 1. The van der Waals surface area contributed by atoms with Gasteiger partial charge in [-0.3, -0.25) is 0 Å². The molecule has 0 aromatic carbocycles. The van der Waals surface area contributed by atoms with Crippen LogP contribution >= 0.6 is 0 Å². The van der Waals surface area contributed by atoms with Crippen molar-refractivity contribution in [2.75, 3.05) is 19.6 Å². The number of nitrogens with zero attached hydrogens (tertiary/aromatic N) is 1. The molecule has 0 aromatic rings. The van der Waals surface area contributed by atoms with Crippen LogP contribution in [0.2, 0.25) is 0 Å². The zero-order valence-electron chi connectivity index (χ0n) is 10.00. The van der Waals surface area contributed by atoms with Crippen molar-refractivity contribution in [3.63, 3.8) is 0 Å². The van der Waals surface area contributed by atoms with Gasteiger partial charge in [-0.05, 0) is 64.6 Å². The third-order valence-electron chi connectivity index (χ3n) is 3.71. The molecule has 1 aliphatic rings. The van der Waals surface area contributed by atoms with Crippen LogP contribution in [0.1, 0.15) is 40.0 Å². The maximum absolute atomic E-state index is 5.73. The Labute approximate surface area is 88.8 Å². The quantitative estimate of drug-likeness (QED) is 0.752. The van der Waals surface area contributed by atoms with E-state index in [1.807, 2.05) is 0 Å². The molecule has 1 saturated heterocycles. The van der Waals surface area contributed by atoms with Gasteiger partial charge in [-0.15, -0.1) is 0 Å². The zero-order chi connectivity index (χ0) is 10.6. The van der Waals surface area contributed by atoms with Crippen LogP contribution in [-0.4, -0.2) is 30.6 Å². The molecule has 0 saturated carbocycles. The summed E-state index contributed by atoms with van der Waals surface area (Å²) in [6.07, 6.45) is 4.07. The Morgan fingerprint density at radius 3 is 2.50 bits per heavy atom. The van der Waals surface area contributed by atoms with Gasteiger partial charge >= 0.3 is 0 Å². The van der Waals surface area contributed by atoms with Crippen LogP contribution in [-0.2, 0) is 0 Å². The molecular weight excluding hydrogens is 172 g/mol. The molecule has 0 radical (unpaired) electrons. The maximum Gasteiger partial charge on any atom is 0.00385 e. The molecule has 2 N–H and O–H groups in total. The average molecular weight is 198 g/mol. The number of rotatable bonds is 3. The minimum atomic E-state index is 0.710. The van der Waals surface area contributed by atoms with E-state index in [1.165, 1.54) is 32.4 Å². The lowest BCUT2D eigenvalue weighted by atomic mass is 9.88. The molecule has 1 aliphatic heterocycles. The minimum absolute atomic E-state index is 0.710. The Hall–Kier alpha value is -0.0800. The summed E-state index contributed by atoms with van der Waals surface area (Å²) >= 11 is 0. The molecule has 0 aromatic heterocycles. The van der Waals surface area contributed by atoms with E-state index in [0.717, 1.165) is 12.5 Å². The highest BCUT2D eigenvalue weighted by molar-refractivity contribution is 4.75. The van der Waals surface area contributed by atoms with E-state index in [9.17, 15) is 0 Å². The van der Waals surface area contributed by atoms with Crippen molar-refractivity contribution >= 4 is 0 Å². The third-order valence-corrected chi connectivity index (χ3v) is 3.71. The first-order chi connectivity index (χ1) is 6.65. The van der Waals surface area contributed by atoms with Gasteiger partial charge in [-0.25, -0.2) is 0 Å². The van der Waals surface area contributed by atoms with Crippen LogP contribution < -0.4 is 5.73 Å². The van der Waals surface area contributed by atoms with Crippen molar-refractivity contribution in [3.05, 3.63) is 0 Å². The summed E-state index contributed by atoms with van der Waals surface area (Å²) in [5, 5.41) is 0. The SMILES string of the molecule is CC(CN)C1CCCN(C(C)C)CC1. The van der Waals surface area contributed by atoms with Gasteiger partial charge in [-0.2, -0.15) is 0 Å². The van der Waals surface area contributed by atoms with Gasteiger partial charge in [0, 0.05) is 6.04 Å². The average Bonchev–Trinajstić information content (AvgIpc) is 2.41. The molecule has 0 spiro atoms. The molecule has 1 rings (SSSR count). The molecule has 14 heavy (non-hydrogen) atoms. The fourth-order valence-corrected chi connectivity index (χ4v) is 2.42. The molecule has 0 amide bonds. The van der Waals surface area contributed by atoms with E-state index < -0.39 is 0 Å². The highest BCUT2D eigenvalue weighted by Gasteiger charge is 2.21. The minimum Gasteiger partial charge on any atom is -0.330 e. The van der Waals surface area contributed by atoms with Crippen LogP contribution in [0.4, 0.5) is 0 Å². The predicted octanol–water partition coefficient (Wildman–Crippen LogP) is 2.09. The smallest absolute Gasteiger partial charge is 0.00385 e. The Bertz CT molecular complexity index is 156. The van der Waals surface area contributed by atoms with Crippen molar-refractivity contribution < 1.29 is 0 Å². The summed E-state index contributed by atoms with van der Waals surface area (Å²) in [5.74, 6) is 1.57. The predicted molar refractivity (Wildman–Crippen MR) is 62.3 cm³/mol. The van der Waals surface area contributed by atoms with E-state index in [0.29, 0.717) is 12.0 Å². The van der Waals surface area contributed by atoms with E-state index in [2.05, 4.69) is 25.7 Å². The summed E-state index contributed by atoms with van der Waals surface area (Å²) < 4.78 is 0. The fourth-order valence-electron chi connectivity index (χ4n) is 2.42. The lowest BCUT2D eigenvalue weighted by molar-refractivity contribution is 0.223. The van der Waals surface area contributed by atoms with Crippen molar-refractivity contribution in [3.8, 4) is 0 Å². The van der Waals surface area contributed by atoms with E-state index in [4.69, 9.17) is 5.73 Å². The second-order valence-corrected chi connectivity index (χ2v) is 5.03. The fraction of sp³-hybridized carbons (Fsp3) is 1.00. The highest BCUT2D eigenvalue weighted by Crippen LogP contribution is 2.24. The molecule has 0 bridgehead atoms. The molecule has 1 fully saturated rings. The lowest BCUT2D eigenvalue weighted by Crippen LogP contribution is -2.32. The highest BCUT2D eigenvalue weighted by atomic mass is 15.1. The van der Waals surface area contributed by atoms with Crippen LogP contribution in [0.15, 0.2) is 0 Å². The van der Waals surface area contributed by atoms with Gasteiger partial charge in [0.05, 0.1) is 0 Å². The van der Waals surface area contributed by atoms with Crippen molar-refractivity contribution in [2.45, 2.75) is 46.1 Å². The van der Waals surface area contributed by atoms with Gasteiger partial charge in [-0.1, -0.05) is 6.92 Å². The van der Waals surface area contributed by atoms with E-state index >= 15 is 0 Å². The second kappa shape index (κ2) is 5.72. The topological polar surface area (TPSA) is 29.3 Å². The van der Waals surface area contributed by atoms with Crippen molar-refractivity contribution in [2.24, 2.45) is 17.6 Å². The molecule has 2 heteroatoms. The number of nitrogens with two attached hydrogens (primary N) is 1. The van der Waals surface area contributed by atoms with Gasteiger partial charge in [0.2, 0.25) is 0 Å². The first-order valence-electron chi connectivity index (χ1n) is 6.09. The summed E-state index contributed by atoms with van der Waals surface area (Å²) in [6.45, 7) is 10.3. The first kappa shape index (κ1) is 12.0. The summed E-state index contributed by atoms with van der Waals surface area (Å²) in [6, 6.07) is 0.710. The summed E-state index contributed by atoms with van der Waals surface area (Å²) in [4.78, 5) is 2.60. The van der Waals surface area contributed by atoms with Gasteiger partial charge < -0.3 is 10.6 Å². The summed E-state index contributed by atoms with van der Waals surface area (Å²) in [5.41, 5.74) is 5.73. The molecule has 2 nitrogen and oxygen atoms in total.